The largest absolute Gasteiger partial charge is 0.392 e. The number of carbonyl (C=O) groups excluding carboxylic acids is 1. The molecule has 21 heavy (non-hydrogen) atoms. The predicted molar refractivity (Wildman–Crippen MR) is 84.3 cm³/mol. The molecule has 0 radical (unpaired) electrons. The van der Waals surface area contributed by atoms with E-state index in [-0.39, 0.29) is 12.5 Å². The number of carbonyl (C=O) groups is 1. The highest BCUT2D eigenvalue weighted by Crippen LogP contribution is 2.36. The number of fused-ring (bicyclic) bond motifs is 1. The van der Waals surface area contributed by atoms with E-state index in [4.69, 9.17) is 0 Å². The number of nitrogens with one attached hydrogen (secondary N) is 1. The molecule has 1 aliphatic rings. The van der Waals surface area contributed by atoms with Gasteiger partial charge in [-0.15, -0.1) is 11.3 Å². The molecule has 2 N–H and O–H groups in total. The van der Waals surface area contributed by atoms with Gasteiger partial charge in [0.2, 0.25) is 0 Å². The Balaban J connectivity index is 2.00. The lowest BCUT2D eigenvalue weighted by Crippen LogP contribution is -2.31. The van der Waals surface area contributed by atoms with Crippen molar-refractivity contribution in [2.75, 3.05) is 6.54 Å². The molecule has 0 fully saturated rings. The maximum absolute atomic E-state index is 12.6. The molecule has 1 amide bonds. The highest BCUT2D eigenvalue weighted by molar-refractivity contribution is 7.15. The Labute approximate surface area is 128 Å². The van der Waals surface area contributed by atoms with Crippen molar-refractivity contribution in [1.82, 2.24) is 9.88 Å². The number of nitrogens with zero attached hydrogens (tertiary/aromatic N) is 1. The van der Waals surface area contributed by atoms with E-state index < -0.39 is 6.10 Å². The van der Waals surface area contributed by atoms with E-state index in [1.807, 2.05) is 29.1 Å². The third-order valence-corrected chi connectivity index (χ3v) is 5.08. The maximum atomic E-state index is 12.6. The summed E-state index contributed by atoms with van der Waals surface area (Å²) in [6.45, 7) is 1.96. The van der Waals surface area contributed by atoms with Crippen LogP contribution in [0.3, 0.4) is 0 Å². The molecular weight excluding hydrogens is 284 g/mol. The van der Waals surface area contributed by atoms with Gasteiger partial charge in [0.05, 0.1) is 11.7 Å². The second kappa shape index (κ2) is 6.03. The third kappa shape index (κ3) is 2.89. The van der Waals surface area contributed by atoms with Crippen LogP contribution in [0.1, 0.15) is 40.6 Å². The molecule has 0 saturated carbocycles. The predicted octanol–water partition coefficient (Wildman–Crippen LogP) is 2.53. The maximum Gasteiger partial charge on any atom is 0.254 e. The topological polar surface area (TPSA) is 54.3 Å². The highest BCUT2D eigenvalue weighted by atomic mass is 32.1. The van der Waals surface area contributed by atoms with Crippen LogP contribution >= 0.6 is 11.3 Å². The molecule has 1 atom stereocenters. The second-order valence-electron chi connectivity index (χ2n) is 5.54. The van der Waals surface area contributed by atoms with E-state index >= 15 is 0 Å². The van der Waals surface area contributed by atoms with E-state index in [1.54, 1.807) is 18.3 Å². The summed E-state index contributed by atoms with van der Waals surface area (Å²) in [5.41, 5.74) is 2.00. The average molecular weight is 304 g/mol. The number of rotatable bonds is 4. The zero-order chi connectivity index (χ0) is 14.8. The van der Waals surface area contributed by atoms with Crippen LogP contribution in [0.5, 0.6) is 0 Å². The molecule has 3 rings (SSSR count). The molecule has 0 aromatic carbocycles. The van der Waals surface area contributed by atoms with E-state index in [2.05, 4.69) is 5.32 Å². The average Bonchev–Trinajstić information content (AvgIpc) is 3.11. The smallest absolute Gasteiger partial charge is 0.254 e. The van der Waals surface area contributed by atoms with Crippen molar-refractivity contribution in [3.05, 3.63) is 40.5 Å². The van der Waals surface area contributed by atoms with Crippen molar-refractivity contribution < 1.29 is 9.90 Å². The number of hydrogen-bond acceptors (Lipinski definition) is 3. The van der Waals surface area contributed by atoms with Gasteiger partial charge < -0.3 is 15.0 Å². The molecule has 0 aliphatic heterocycles. The molecule has 0 saturated heterocycles. The third-order valence-electron chi connectivity index (χ3n) is 3.78. The number of aliphatic hydroxyl groups excluding tert-OH is 1. The van der Waals surface area contributed by atoms with Crippen LogP contribution in [0.25, 0.3) is 5.00 Å². The molecule has 112 valence electrons. The minimum Gasteiger partial charge on any atom is -0.392 e. The zero-order valence-corrected chi connectivity index (χ0v) is 12.9. The van der Waals surface area contributed by atoms with Crippen molar-refractivity contribution in [2.45, 2.75) is 38.7 Å². The number of amides is 1. The summed E-state index contributed by atoms with van der Waals surface area (Å²) in [5, 5.41) is 13.2. The number of aromatic nitrogens is 1. The lowest BCUT2D eigenvalue weighted by atomic mass is 9.95. The minimum absolute atomic E-state index is 0.0704. The van der Waals surface area contributed by atoms with Crippen LogP contribution in [0, 0.1) is 0 Å². The Morgan fingerprint density at radius 3 is 2.81 bits per heavy atom. The van der Waals surface area contributed by atoms with Gasteiger partial charge in [-0.05, 0) is 50.3 Å². The van der Waals surface area contributed by atoms with Gasteiger partial charge in [0.25, 0.3) is 5.91 Å². The number of aliphatic hydroxyl groups is 1. The first-order chi connectivity index (χ1) is 10.2. The van der Waals surface area contributed by atoms with Crippen LogP contribution in [-0.2, 0) is 12.8 Å². The molecule has 0 bridgehead atoms. The van der Waals surface area contributed by atoms with E-state index in [1.165, 1.54) is 16.9 Å². The number of thiophene rings is 1. The molecule has 0 spiro atoms. The Morgan fingerprint density at radius 2 is 2.10 bits per heavy atom. The van der Waals surface area contributed by atoms with Gasteiger partial charge in [0, 0.05) is 23.8 Å². The van der Waals surface area contributed by atoms with Crippen molar-refractivity contribution in [1.29, 1.82) is 0 Å². The second-order valence-corrected chi connectivity index (χ2v) is 6.62. The molecule has 2 aromatic rings. The normalized spacial score (nSPS) is 15.5. The van der Waals surface area contributed by atoms with Gasteiger partial charge >= 0.3 is 0 Å². The summed E-state index contributed by atoms with van der Waals surface area (Å²) in [5.74, 6) is -0.0704. The quantitative estimate of drug-likeness (QED) is 0.912. The highest BCUT2D eigenvalue weighted by Gasteiger charge is 2.25. The SMILES string of the molecule is CC(O)CNC(=O)c1c(-n2cccc2)sc2c1CCCC2. The van der Waals surface area contributed by atoms with Crippen LogP contribution < -0.4 is 5.32 Å². The van der Waals surface area contributed by atoms with Crippen LogP contribution in [0.15, 0.2) is 24.5 Å². The molecule has 1 unspecified atom stereocenters. The van der Waals surface area contributed by atoms with Crippen LogP contribution in [0.4, 0.5) is 0 Å². The summed E-state index contributed by atoms with van der Waals surface area (Å²) >= 11 is 1.72. The van der Waals surface area contributed by atoms with Gasteiger partial charge in [-0.25, -0.2) is 0 Å². The fourth-order valence-corrected chi connectivity index (χ4v) is 4.12. The fourth-order valence-electron chi connectivity index (χ4n) is 2.77. The van der Waals surface area contributed by atoms with Gasteiger partial charge in [-0.3, -0.25) is 4.79 Å². The number of aryl methyl sites for hydroxylation is 1. The van der Waals surface area contributed by atoms with Gasteiger partial charge in [-0.2, -0.15) is 0 Å². The van der Waals surface area contributed by atoms with E-state index in [0.29, 0.717) is 0 Å². The summed E-state index contributed by atoms with van der Waals surface area (Å²) < 4.78 is 2.01. The summed E-state index contributed by atoms with van der Waals surface area (Å²) in [6.07, 6.45) is 7.81. The van der Waals surface area contributed by atoms with Crippen LogP contribution in [-0.4, -0.2) is 28.2 Å². The van der Waals surface area contributed by atoms with Gasteiger partial charge in [0.15, 0.2) is 0 Å². The van der Waals surface area contributed by atoms with Crippen molar-refractivity contribution in [3.8, 4) is 5.00 Å². The lowest BCUT2D eigenvalue weighted by Gasteiger charge is -2.13. The molecule has 5 heteroatoms. The Hall–Kier alpha value is -1.59. The first-order valence-corrected chi connectivity index (χ1v) is 8.22. The lowest BCUT2D eigenvalue weighted by molar-refractivity contribution is 0.0923. The van der Waals surface area contributed by atoms with Crippen molar-refractivity contribution in [2.24, 2.45) is 0 Å². The molecule has 2 aromatic heterocycles. The van der Waals surface area contributed by atoms with Crippen LogP contribution in [0.2, 0.25) is 0 Å². The van der Waals surface area contributed by atoms with Crippen molar-refractivity contribution >= 4 is 17.2 Å². The molecule has 4 nitrogen and oxygen atoms in total. The summed E-state index contributed by atoms with van der Waals surface area (Å²) in [4.78, 5) is 13.9. The molecule has 2 heterocycles. The van der Waals surface area contributed by atoms with Crippen molar-refractivity contribution in [3.63, 3.8) is 0 Å². The number of hydrogen-bond donors (Lipinski definition) is 2. The standard InChI is InChI=1S/C16H20N2O2S/c1-11(19)10-17-15(20)14-12-6-2-3-7-13(12)21-16(14)18-8-4-5-9-18/h4-5,8-9,11,19H,2-3,6-7,10H2,1H3,(H,17,20). The fraction of sp³-hybridized carbons (Fsp3) is 0.438. The Bertz CT molecular complexity index is 629. The van der Waals surface area contributed by atoms with Gasteiger partial charge in [-0.1, -0.05) is 0 Å². The minimum atomic E-state index is -0.529. The van der Waals surface area contributed by atoms with Gasteiger partial charge in [0.1, 0.15) is 5.00 Å². The zero-order valence-electron chi connectivity index (χ0n) is 12.1. The Morgan fingerprint density at radius 1 is 1.38 bits per heavy atom. The van der Waals surface area contributed by atoms with E-state index in [0.717, 1.165) is 29.8 Å². The first kappa shape index (κ1) is 14.4. The summed E-state index contributed by atoms with van der Waals surface area (Å²) in [6, 6.07) is 3.94. The van der Waals surface area contributed by atoms with E-state index in [9.17, 15) is 9.90 Å². The molecular formula is C16H20N2O2S. The first-order valence-electron chi connectivity index (χ1n) is 7.41. The monoisotopic (exact) mass is 304 g/mol. The molecule has 1 aliphatic carbocycles. The Kier molecular flexibility index (Phi) is 4.12. The summed E-state index contributed by atoms with van der Waals surface area (Å²) in [7, 11) is 0.